The molecule has 1 aliphatic carbocycles. The molecule has 1 saturated carbocycles. The summed E-state index contributed by atoms with van der Waals surface area (Å²) in [7, 11) is 0. The maximum Gasteiger partial charge on any atom is 0.0652 e. The lowest BCUT2D eigenvalue weighted by Crippen LogP contribution is -2.14. The summed E-state index contributed by atoms with van der Waals surface area (Å²) < 4.78 is 0. The molecule has 1 rings (SSSR count). The van der Waals surface area contributed by atoms with Crippen LogP contribution in [-0.2, 0) is 0 Å². The molecule has 1 fully saturated rings. The molecule has 0 radical (unpaired) electrons. The second-order valence-electron chi connectivity index (χ2n) is 4.37. The molecule has 0 aliphatic heterocycles. The zero-order chi connectivity index (χ0) is 9.03. The highest BCUT2D eigenvalue weighted by Crippen LogP contribution is 2.42. The lowest BCUT2D eigenvalue weighted by molar-refractivity contribution is 0.113. The van der Waals surface area contributed by atoms with Gasteiger partial charge in [0.05, 0.1) is 5.60 Å². The Hall–Kier alpha value is -0.0400. The lowest BCUT2D eigenvalue weighted by atomic mass is 9.91. The van der Waals surface area contributed by atoms with E-state index in [0.717, 1.165) is 25.2 Å². The van der Waals surface area contributed by atoms with Crippen LogP contribution in [0.25, 0.3) is 0 Å². The van der Waals surface area contributed by atoms with E-state index >= 15 is 0 Å². The molecule has 72 valence electrons. The molecule has 0 heterocycles. The molecule has 1 N–H and O–H groups in total. The first-order valence-corrected chi connectivity index (χ1v) is 5.42. The first kappa shape index (κ1) is 10.0. The van der Waals surface area contributed by atoms with E-state index in [1.54, 1.807) is 0 Å². The summed E-state index contributed by atoms with van der Waals surface area (Å²) >= 11 is 0. The van der Waals surface area contributed by atoms with E-state index in [0.29, 0.717) is 0 Å². The standard InChI is InChI=1S/C11H22O/c1-3-5-10(6-4-2)9-11(12)7-8-11/h10,12H,3-9H2,1-2H3. The van der Waals surface area contributed by atoms with Crippen LogP contribution < -0.4 is 0 Å². The van der Waals surface area contributed by atoms with Crippen LogP contribution in [0.4, 0.5) is 0 Å². The van der Waals surface area contributed by atoms with Crippen molar-refractivity contribution >= 4 is 0 Å². The Bertz CT molecular complexity index is 121. The van der Waals surface area contributed by atoms with Crippen molar-refractivity contribution in [2.24, 2.45) is 5.92 Å². The predicted octanol–water partition coefficient (Wildman–Crippen LogP) is 3.12. The maximum absolute atomic E-state index is 9.75. The summed E-state index contributed by atoms with van der Waals surface area (Å²) in [6.07, 6.45) is 8.30. The molecule has 0 atom stereocenters. The van der Waals surface area contributed by atoms with Gasteiger partial charge >= 0.3 is 0 Å². The molecular weight excluding hydrogens is 148 g/mol. The van der Waals surface area contributed by atoms with Gasteiger partial charge in [-0.15, -0.1) is 0 Å². The fourth-order valence-corrected chi connectivity index (χ4v) is 2.05. The zero-order valence-corrected chi connectivity index (χ0v) is 8.47. The second-order valence-corrected chi connectivity index (χ2v) is 4.37. The van der Waals surface area contributed by atoms with Gasteiger partial charge in [-0.2, -0.15) is 0 Å². The van der Waals surface area contributed by atoms with E-state index in [1.165, 1.54) is 25.7 Å². The molecule has 1 heteroatoms. The minimum Gasteiger partial charge on any atom is -0.390 e. The molecule has 0 bridgehead atoms. The Labute approximate surface area is 76.2 Å². The van der Waals surface area contributed by atoms with Gasteiger partial charge in [-0.25, -0.2) is 0 Å². The van der Waals surface area contributed by atoms with E-state index in [2.05, 4.69) is 13.8 Å². The van der Waals surface area contributed by atoms with Crippen molar-refractivity contribution in [2.75, 3.05) is 0 Å². The lowest BCUT2D eigenvalue weighted by Gasteiger charge is -2.18. The fraction of sp³-hybridized carbons (Fsp3) is 1.00. The topological polar surface area (TPSA) is 20.2 Å². The van der Waals surface area contributed by atoms with Gasteiger partial charge in [0.15, 0.2) is 0 Å². The summed E-state index contributed by atoms with van der Waals surface area (Å²) in [5, 5.41) is 9.75. The molecule has 0 aromatic heterocycles. The van der Waals surface area contributed by atoms with Gasteiger partial charge < -0.3 is 5.11 Å². The second kappa shape index (κ2) is 4.27. The summed E-state index contributed by atoms with van der Waals surface area (Å²) in [5.41, 5.74) is -0.227. The van der Waals surface area contributed by atoms with Gasteiger partial charge in [-0.05, 0) is 25.2 Å². The third-order valence-corrected chi connectivity index (χ3v) is 2.89. The van der Waals surface area contributed by atoms with Crippen LogP contribution in [0.2, 0.25) is 0 Å². The number of hydrogen-bond acceptors (Lipinski definition) is 1. The SMILES string of the molecule is CCCC(CCC)CC1(O)CC1. The third-order valence-electron chi connectivity index (χ3n) is 2.89. The van der Waals surface area contributed by atoms with Crippen molar-refractivity contribution < 1.29 is 5.11 Å². The minimum atomic E-state index is -0.227. The predicted molar refractivity (Wildman–Crippen MR) is 52.1 cm³/mol. The minimum absolute atomic E-state index is 0.227. The largest absolute Gasteiger partial charge is 0.390 e. The van der Waals surface area contributed by atoms with Crippen molar-refractivity contribution in [2.45, 2.75) is 64.4 Å². The Morgan fingerprint density at radius 3 is 2.00 bits per heavy atom. The molecule has 1 aliphatic rings. The van der Waals surface area contributed by atoms with E-state index in [1.807, 2.05) is 0 Å². The van der Waals surface area contributed by atoms with Gasteiger partial charge in [0.1, 0.15) is 0 Å². The van der Waals surface area contributed by atoms with Crippen molar-refractivity contribution in [1.82, 2.24) is 0 Å². The van der Waals surface area contributed by atoms with Gasteiger partial charge in [-0.3, -0.25) is 0 Å². The number of aliphatic hydroxyl groups is 1. The Balaban J connectivity index is 2.22. The van der Waals surface area contributed by atoms with Crippen molar-refractivity contribution in [3.05, 3.63) is 0 Å². The Kier molecular flexibility index (Phi) is 3.57. The zero-order valence-electron chi connectivity index (χ0n) is 8.47. The highest BCUT2D eigenvalue weighted by Gasteiger charge is 2.41. The highest BCUT2D eigenvalue weighted by atomic mass is 16.3. The molecule has 12 heavy (non-hydrogen) atoms. The molecule has 0 unspecified atom stereocenters. The van der Waals surface area contributed by atoms with E-state index in [-0.39, 0.29) is 5.60 Å². The average molecular weight is 170 g/mol. The Morgan fingerprint density at radius 1 is 1.17 bits per heavy atom. The molecule has 0 saturated heterocycles. The highest BCUT2D eigenvalue weighted by molar-refractivity contribution is 4.94. The van der Waals surface area contributed by atoms with Crippen LogP contribution in [0.1, 0.15) is 58.8 Å². The van der Waals surface area contributed by atoms with E-state index in [9.17, 15) is 5.11 Å². The van der Waals surface area contributed by atoms with Gasteiger partial charge in [0.25, 0.3) is 0 Å². The summed E-state index contributed by atoms with van der Waals surface area (Å²) in [6.45, 7) is 4.47. The van der Waals surface area contributed by atoms with Crippen molar-refractivity contribution in [3.63, 3.8) is 0 Å². The Morgan fingerprint density at radius 2 is 1.67 bits per heavy atom. The molecule has 0 aromatic carbocycles. The monoisotopic (exact) mass is 170 g/mol. The van der Waals surface area contributed by atoms with Gasteiger partial charge in [-0.1, -0.05) is 39.5 Å². The van der Waals surface area contributed by atoms with Gasteiger partial charge in [0.2, 0.25) is 0 Å². The summed E-state index contributed by atoms with van der Waals surface area (Å²) in [6, 6.07) is 0. The first-order valence-electron chi connectivity index (χ1n) is 5.42. The van der Waals surface area contributed by atoms with Crippen molar-refractivity contribution in [1.29, 1.82) is 0 Å². The number of rotatable bonds is 6. The van der Waals surface area contributed by atoms with Crippen LogP contribution >= 0.6 is 0 Å². The molecule has 0 aromatic rings. The van der Waals surface area contributed by atoms with Crippen LogP contribution in [0.15, 0.2) is 0 Å². The van der Waals surface area contributed by atoms with Crippen LogP contribution in [-0.4, -0.2) is 10.7 Å². The fourth-order valence-electron chi connectivity index (χ4n) is 2.05. The summed E-state index contributed by atoms with van der Waals surface area (Å²) in [4.78, 5) is 0. The molecule has 0 spiro atoms. The van der Waals surface area contributed by atoms with E-state index in [4.69, 9.17) is 0 Å². The maximum atomic E-state index is 9.75. The van der Waals surface area contributed by atoms with Gasteiger partial charge in [0, 0.05) is 0 Å². The molecule has 0 amide bonds. The van der Waals surface area contributed by atoms with Crippen LogP contribution in [0.5, 0.6) is 0 Å². The normalized spacial score (nSPS) is 20.0. The third kappa shape index (κ3) is 3.14. The molecule has 1 nitrogen and oxygen atoms in total. The van der Waals surface area contributed by atoms with Crippen LogP contribution in [0, 0.1) is 5.92 Å². The smallest absolute Gasteiger partial charge is 0.0652 e. The average Bonchev–Trinajstić information content (AvgIpc) is 2.69. The summed E-state index contributed by atoms with van der Waals surface area (Å²) in [5.74, 6) is 0.785. The number of hydrogen-bond donors (Lipinski definition) is 1. The quantitative estimate of drug-likeness (QED) is 0.649. The van der Waals surface area contributed by atoms with Crippen LogP contribution in [0.3, 0.4) is 0 Å². The van der Waals surface area contributed by atoms with E-state index < -0.39 is 0 Å². The van der Waals surface area contributed by atoms with Crippen molar-refractivity contribution in [3.8, 4) is 0 Å². The molecular formula is C11H22O. The first-order chi connectivity index (χ1) is 5.70.